The quantitative estimate of drug-likeness (QED) is 0.326. The van der Waals surface area contributed by atoms with Gasteiger partial charge >= 0.3 is 0 Å². The summed E-state index contributed by atoms with van der Waals surface area (Å²) in [6.45, 7) is 12.6. The molecule has 0 spiro atoms. The van der Waals surface area contributed by atoms with E-state index >= 15 is 0 Å². The fraction of sp³-hybridized carbons (Fsp3) is 0.846. The normalized spacial score (nSPS) is 19.1. The molecule has 102 valence electrons. The Morgan fingerprint density at radius 2 is 2.00 bits per heavy atom. The number of hydrogen-bond acceptors (Lipinski definition) is 3. The maximum atomic E-state index is 8.55. The van der Waals surface area contributed by atoms with Crippen LogP contribution in [0.3, 0.4) is 0 Å². The van der Waals surface area contributed by atoms with Gasteiger partial charge in [0.25, 0.3) is 0 Å². The van der Waals surface area contributed by atoms with E-state index in [0.29, 0.717) is 6.54 Å². The predicted octanol–water partition coefficient (Wildman–Crippen LogP) is 3.13. The van der Waals surface area contributed by atoms with Crippen molar-refractivity contribution in [2.75, 3.05) is 32.8 Å². The third-order valence-electron chi connectivity index (χ3n) is 3.88. The van der Waals surface area contributed by atoms with Crippen LogP contribution in [-0.2, 0) is 4.74 Å². The van der Waals surface area contributed by atoms with E-state index in [1.807, 2.05) is 0 Å². The molecule has 1 heterocycles. The Morgan fingerprint density at radius 3 is 2.50 bits per heavy atom. The van der Waals surface area contributed by atoms with Crippen molar-refractivity contribution in [2.24, 2.45) is 5.11 Å². The highest BCUT2D eigenvalue weighted by molar-refractivity contribution is 5.25. The van der Waals surface area contributed by atoms with Crippen LogP contribution in [0.4, 0.5) is 0 Å². The zero-order valence-electron chi connectivity index (χ0n) is 11.9. The van der Waals surface area contributed by atoms with Crippen molar-refractivity contribution in [2.45, 2.75) is 39.7 Å². The van der Waals surface area contributed by atoms with Gasteiger partial charge in [0.15, 0.2) is 0 Å². The highest BCUT2D eigenvalue weighted by atomic mass is 16.5. The van der Waals surface area contributed by atoms with E-state index in [9.17, 15) is 0 Å². The lowest BCUT2D eigenvalue weighted by atomic mass is 9.87. The molecule has 0 unspecified atom stereocenters. The maximum absolute atomic E-state index is 8.55. The summed E-state index contributed by atoms with van der Waals surface area (Å²) in [5.41, 5.74) is 11.0. The Kier molecular flexibility index (Phi) is 5.66. The van der Waals surface area contributed by atoms with Gasteiger partial charge < -0.3 is 4.74 Å². The van der Waals surface area contributed by atoms with E-state index < -0.39 is 0 Å². The van der Waals surface area contributed by atoms with Crippen molar-refractivity contribution in [3.05, 3.63) is 21.6 Å². The van der Waals surface area contributed by atoms with Crippen molar-refractivity contribution >= 4 is 0 Å². The van der Waals surface area contributed by atoms with Gasteiger partial charge in [-0.25, -0.2) is 0 Å². The van der Waals surface area contributed by atoms with Gasteiger partial charge in [0.1, 0.15) is 0 Å². The van der Waals surface area contributed by atoms with Crippen molar-refractivity contribution in [3.8, 4) is 0 Å². The van der Waals surface area contributed by atoms with E-state index in [1.54, 1.807) is 0 Å². The van der Waals surface area contributed by atoms with Gasteiger partial charge in [0.2, 0.25) is 0 Å². The summed E-state index contributed by atoms with van der Waals surface area (Å²) in [6.07, 6.45) is 0.990. The average Bonchev–Trinajstić information content (AvgIpc) is 2.39. The minimum absolute atomic E-state index is 0.0714. The summed E-state index contributed by atoms with van der Waals surface area (Å²) < 4.78 is 5.40. The van der Waals surface area contributed by atoms with Gasteiger partial charge in [-0.2, -0.15) is 0 Å². The molecule has 0 saturated carbocycles. The van der Waals surface area contributed by atoms with Crippen LogP contribution in [0.1, 0.15) is 34.1 Å². The number of hydrogen-bond donors (Lipinski definition) is 0. The average molecular weight is 252 g/mol. The molecule has 0 aromatic carbocycles. The molecule has 0 N–H and O–H groups in total. The Hall–Kier alpha value is -1.03. The van der Waals surface area contributed by atoms with Gasteiger partial charge in [0, 0.05) is 30.1 Å². The van der Waals surface area contributed by atoms with Crippen molar-refractivity contribution < 1.29 is 4.74 Å². The molecule has 1 rings (SSSR count). The van der Waals surface area contributed by atoms with E-state index in [4.69, 9.17) is 10.3 Å². The van der Waals surface area contributed by atoms with E-state index in [-0.39, 0.29) is 5.54 Å². The number of nitrogens with zero attached hydrogens (tertiary/aromatic N) is 4. The Balaban J connectivity index is 2.97. The third-order valence-corrected chi connectivity index (χ3v) is 3.88. The molecule has 0 aliphatic carbocycles. The van der Waals surface area contributed by atoms with Crippen LogP contribution >= 0.6 is 0 Å². The molecule has 5 nitrogen and oxygen atoms in total. The van der Waals surface area contributed by atoms with Gasteiger partial charge in [0.05, 0.1) is 13.2 Å². The topological polar surface area (TPSA) is 61.2 Å². The summed E-state index contributed by atoms with van der Waals surface area (Å²) in [7, 11) is 0. The summed E-state index contributed by atoms with van der Waals surface area (Å²) in [4.78, 5) is 5.31. The highest BCUT2D eigenvalue weighted by Crippen LogP contribution is 2.29. The second-order valence-corrected chi connectivity index (χ2v) is 5.16. The van der Waals surface area contributed by atoms with Gasteiger partial charge in [-0.1, -0.05) is 17.6 Å². The fourth-order valence-corrected chi connectivity index (χ4v) is 2.48. The van der Waals surface area contributed by atoms with Crippen LogP contribution in [0.5, 0.6) is 0 Å². The summed E-state index contributed by atoms with van der Waals surface area (Å²) in [5, 5.41) is 3.77. The molecule has 0 aromatic heterocycles. The minimum atomic E-state index is -0.0714. The van der Waals surface area contributed by atoms with E-state index in [1.165, 1.54) is 11.1 Å². The Bertz CT molecular complexity index is 350. The largest absolute Gasteiger partial charge is 0.379 e. The van der Waals surface area contributed by atoms with Crippen LogP contribution in [-0.4, -0.2) is 43.3 Å². The second kappa shape index (κ2) is 6.78. The van der Waals surface area contributed by atoms with Crippen LogP contribution in [0.2, 0.25) is 0 Å². The molecule has 0 radical (unpaired) electrons. The first-order chi connectivity index (χ1) is 8.54. The second-order valence-electron chi connectivity index (χ2n) is 5.16. The molecular weight excluding hydrogens is 228 g/mol. The summed E-state index contributed by atoms with van der Waals surface area (Å²) in [6, 6.07) is 0. The van der Waals surface area contributed by atoms with E-state index in [0.717, 1.165) is 32.7 Å². The van der Waals surface area contributed by atoms with Crippen molar-refractivity contribution in [3.63, 3.8) is 0 Å². The predicted molar refractivity (Wildman–Crippen MR) is 73.5 cm³/mol. The first-order valence-corrected chi connectivity index (χ1v) is 6.56. The molecule has 1 saturated heterocycles. The third kappa shape index (κ3) is 3.48. The van der Waals surface area contributed by atoms with Crippen molar-refractivity contribution in [1.82, 2.24) is 4.90 Å². The number of rotatable bonds is 5. The zero-order valence-corrected chi connectivity index (χ0v) is 11.9. The maximum Gasteiger partial charge on any atom is 0.0594 e. The van der Waals surface area contributed by atoms with Crippen molar-refractivity contribution in [1.29, 1.82) is 0 Å². The van der Waals surface area contributed by atoms with E-state index in [2.05, 4.69) is 42.6 Å². The summed E-state index contributed by atoms with van der Waals surface area (Å²) >= 11 is 0. The molecule has 1 aliphatic rings. The van der Waals surface area contributed by atoms with Gasteiger partial charge in [-0.05, 0) is 38.3 Å². The number of ether oxygens (including phenoxy) is 1. The van der Waals surface area contributed by atoms with Crippen LogP contribution in [0.25, 0.3) is 10.4 Å². The SMILES string of the molecule is CCC(C)=C(CN=[N+]=[N-])C(C)(C)N1CCOCC1. The molecule has 0 aromatic rings. The molecule has 0 atom stereocenters. The molecular formula is C13H24N4O. The first kappa shape index (κ1) is 15.0. The van der Waals surface area contributed by atoms with Crippen LogP contribution in [0, 0.1) is 0 Å². The minimum Gasteiger partial charge on any atom is -0.379 e. The Labute approximate surface area is 109 Å². The van der Waals surface area contributed by atoms with Gasteiger partial charge in [-0.3, -0.25) is 4.90 Å². The first-order valence-electron chi connectivity index (χ1n) is 6.56. The van der Waals surface area contributed by atoms with Crippen LogP contribution in [0.15, 0.2) is 16.3 Å². The zero-order chi connectivity index (χ0) is 13.6. The fourth-order valence-electron chi connectivity index (χ4n) is 2.48. The number of azide groups is 1. The molecule has 0 bridgehead atoms. The molecule has 18 heavy (non-hydrogen) atoms. The highest BCUT2D eigenvalue weighted by Gasteiger charge is 2.32. The lowest BCUT2D eigenvalue weighted by Crippen LogP contribution is -2.51. The monoisotopic (exact) mass is 252 g/mol. The molecule has 0 amide bonds. The number of allylic oxidation sites excluding steroid dienone is 1. The number of morpholine rings is 1. The van der Waals surface area contributed by atoms with Crippen LogP contribution < -0.4 is 0 Å². The molecule has 1 aliphatic heterocycles. The Morgan fingerprint density at radius 1 is 1.39 bits per heavy atom. The smallest absolute Gasteiger partial charge is 0.0594 e. The summed E-state index contributed by atoms with van der Waals surface area (Å²) in [5.74, 6) is 0. The molecule has 1 fully saturated rings. The van der Waals surface area contributed by atoms with Gasteiger partial charge in [-0.15, -0.1) is 0 Å². The lowest BCUT2D eigenvalue weighted by molar-refractivity contribution is 0.000840. The standard InChI is InChI=1S/C13H24N4O/c1-5-11(2)12(10-15-16-14)13(3,4)17-6-8-18-9-7-17/h5-10H2,1-4H3. The lowest BCUT2D eigenvalue weighted by Gasteiger charge is -2.43. The molecule has 5 heteroatoms.